The molecule has 2 aliphatic rings. The first-order valence-corrected chi connectivity index (χ1v) is 12.8. The van der Waals surface area contributed by atoms with E-state index >= 15 is 0 Å². The highest BCUT2D eigenvalue weighted by molar-refractivity contribution is 5.85. The van der Waals surface area contributed by atoms with Crippen LogP contribution in [0.1, 0.15) is 77.8 Å². The zero-order valence-electron chi connectivity index (χ0n) is 20.5. The molecule has 0 bridgehead atoms. The SMILES string of the molecule is Cc1ccc(C)c2[nH]c(=O)c([C@H](c3nnnn3C3CCCCC3)N3CCc4ccccc4C3)cc12. The Kier molecular flexibility index (Phi) is 5.72. The van der Waals surface area contributed by atoms with Gasteiger partial charge in [-0.1, -0.05) is 55.7 Å². The van der Waals surface area contributed by atoms with Crippen molar-refractivity contribution in [2.45, 2.75) is 71.0 Å². The Labute approximate surface area is 205 Å². The maximum Gasteiger partial charge on any atom is 0.253 e. The molecule has 0 spiro atoms. The van der Waals surface area contributed by atoms with Gasteiger partial charge in [-0.05, 0) is 71.9 Å². The summed E-state index contributed by atoms with van der Waals surface area (Å²) in [5.41, 5.74) is 6.49. The second-order valence-corrected chi connectivity index (χ2v) is 10.2. The van der Waals surface area contributed by atoms with Crippen molar-refractivity contribution in [1.29, 1.82) is 0 Å². The van der Waals surface area contributed by atoms with Crippen LogP contribution in [0.4, 0.5) is 0 Å². The zero-order valence-corrected chi connectivity index (χ0v) is 20.5. The highest BCUT2D eigenvalue weighted by Crippen LogP contribution is 2.35. The fourth-order valence-electron chi connectivity index (χ4n) is 6.00. The van der Waals surface area contributed by atoms with Crippen molar-refractivity contribution in [3.05, 3.63) is 86.5 Å². The van der Waals surface area contributed by atoms with Crippen molar-refractivity contribution in [2.24, 2.45) is 0 Å². The number of hydrogen-bond acceptors (Lipinski definition) is 5. The van der Waals surface area contributed by atoms with Gasteiger partial charge in [-0.25, -0.2) is 4.68 Å². The molecule has 1 saturated carbocycles. The molecule has 0 amide bonds. The summed E-state index contributed by atoms with van der Waals surface area (Å²) in [6.45, 7) is 5.76. The molecule has 2 aromatic heterocycles. The minimum Gasteiger partial charge on any atom is -0.321 e. The molecule has 0 unspecified atom stereocenters. The second kappa shape index (κ2) is 9.04. The van der Waals surface area contributed by atoms with Crippen LogP contribution in [-0.4, -0.2) is 36.6 Å². The second-order valence-electron chi connectivity index (χ2n) is 10.2. The van der Waals surface area contributed by atoms with E-state index in [-0.39, 0.29) is 17.6 Å². The lowest BCUT2D eigenvalue weighted by Gasteiger charge is -2.35. The number of H-pyrrole nitrogens is 1. The van der Waals surface area contributed by atoms with Crippen LogP contribution in [0.3, 0.4) is 0 Å². The smallest absolute Gasteiger partial charge is 0.253 e. The normalized spacial score (nSPS) is 18.0. The first-order chi connectivity index (χ1) is 17.1. The Balaban J connectivity index is 1.52. The maximum absolute atomic E-state index is 13.6. The number of nitrogens with one attached hydrogen (secondary N) is 1. The van der Waals surface area contributed by atoms with Gasteiger partial charge in [0.25, 0.3) is 5.56 Å². The van der Waals surface area contributed by atoms with Gasteiger partial charge in [0.1, 0.15) is 6.04 Å². The molecule has 1 aliphatic heterocycles. The van der Waals surface area contributed by atoms with E-state index in [9.17, 15) is 4.79 Å². The first kappa shape index (κ1) is 22.2. The van der Waals surface area contributed by atoms with Gasteiger partial charge in [0.2, 0.25) is 0 Å². The van der Waals surface area contributed by atoms with E-state index in [4.69, 9.17) is 0 Å². The highest BCUT2D eigenvalue weighted by Gasteiger charge is 2.34. The number of fused-ring (bicyclic) bond motifs is 2. The van der Waals surface area contributed by atoms with Gasteiger partial charge in [0.15, 0.2) is 5.82 Å². The van der Waals surface area contributed by atoms with E-state index in [0.717, 1.165) is 65.8 Å². The van der Waals surface area contributed by atoms with Crippen LogP contribution in [0.2, 0.25) is 0 Å². The van der Waals surface area contributed by atoms with Crippen molar-refractivity contribution in [2.75, 3.05) is 6.54 Å². The topological polar surface area (TPSA) is 79.7 Å². The largest absolute Gasteiger partial charge is 0.321 e. The molecule has 7 heteroatoms. The number of aromatic nitrogens is 5. The number of rotatable bonds is 4. The van der Waals surface area contributed by atoms with Crippen LogP contribution >= 0.6 is 0 Å². The van der Waals surface area contributed by atoms with Crippen LogP contribution in [0.15, 0.2) is 47.3 Å². The van der Waals surface area contributed by atoms with Crippen LogP contribution in [0.5, 0.6) is 0 Å². The summed E-state index contributed by atoms with van der Waals surface area (Å²) in [6, 6.07) is 14.9. The molecule has 4 aromatic rings. The minimum atomic E-state index is -0.312. The summed E-state index contributed by atoms with van der Waals surface area (Å²) < 4.78 is 2.02. The van der Waals surface area contributed by atoms with Crippen molar-refractivity contribution in [3.8, 4) is 0 Å². The zero-order chi connectivity index (χ0) is 23.9. The fourth-order valence-corrected chi connectivity index (χ4v) is 6.00. The van der Waals surface area contributed by atoms with Gasteiger partial charge in [0.05, 0.1) is 11.6 Å². The van der Waals surface area contributed by atoms with E-state index in [1.54, 1.807) is 0 Å². The molecule has 0 radical (unpaired) electrons. The van der Waals surface area contributed by atoms with Crippen molar-refractivity contribution in [3.63, 3.8) is 0 Å². The number of aryl methyl sites for hydroxylation is 2. The maximum atomic E-state index is 13.6. The van der Waals surface area contributed by atoms with E-state index in [2.05, 4.69) is 74.8 Å². The van der Waals surface area contributed by atoms with Gasteiger partial charge in [-0.2, -0.15) is 0 Å². The van der Waals surface area contributed by atoms with Crippen molar-refractivity contribution < 1.29 is 0 Å². The van der Waals surface area contributed by atoms with Crippen LogP contribution in [0, 0.1) is 13.8 Å². The average molecular weight is 469 g/mol. The Morgan fingerprint density at radius 2 is 1.77 bits per heavy atom. The van der Waals surface area contributed by atoms with E-state index in [1.807, 2.05) is 11.6 Å². The van der Waals surface area contributed by atoms with E-state index in [0.29, 0.717) is 0 Å². The third kappa shape index (κ3) is 3.97. The standard InChI is InChI=1S/C28H32N6O/c1-18-12-13-19(2)25-23(18)16-24(28(35)29-25)26(33-15-14-20-8-6-7-9-21(20)17-33)27-30-31-32-34(27)22-10-4-3-5-11-22/h6-9,12-13,16,22,26H,3-5,10-11,14-15,17H2,1-2H3,(H,29,35)/t26-/m1/s1. The summed E-state index contributed by atoms with van der Waals surface area (Å²) in [7, 11) is 0. The average Bonchev–Trinajstić information content (AvgIpc) is 3.37. The number of tetrazole rings is 1. The summed E-state index contributed by atoms with van der Waals surface area (Å²) in [5, 5.41) is 14.2. The van der Waals surface area contributed by atoms with E-state index < -0.39 is 0 Å². The van der Waals surface area contributed by atoms with Gasteiger partial charge in [-0.15, -0.1) is 5.10 Å². The molecular weight excluding hydrogens is 436 g/mol. The summed E-state index contributed by atoms with van der Waals surface area (Å²) in [6.07, 6.45) is 6.77. The molecule has 6 rings (SSSR count). The fraction of sp³-hybridized carbons (Fsp3) is 0.429. The minimum absolute atomic E-state index is 0.0618. The van der Waals surface area contributed by atoms with E-state index in [1.165, 1.54) is 30.4 Å². The lowest BCUT2D eigenvalue weighted by Crippen LogP contribution is -2.39. The van der Waals surface area contributed by atoms with Crippen LogP contribution < -0.4 is 5.56 Å². The number of aromatic amines is 1. The van der Waals surface area contributed by atoms with Crippen LogP contribution in [0.25, 0.3) is 10.9 Å². The van der Waals surface area contributed by atoms with Gasteiger partial charge >= 0.3 is 0 Å². The Bertz CT molecular complexity index is 1430. The molecule has 2 aromatic carbocycles. The Hall–Kier alpha value is -3.32. The summed E-state index contributed by atoms with van der Waals surface area (Å²) in [5.74, 6) is 0.784. The summed E-state index contributed by atoms with van der Waals surface area (Å²) >= 11 is 0. The molecule has 1 atom stereocenters. The number of pyridine rings is 1. The Morgan fingerprint density at radius 1 is 1.00 bits per heavy atom. The molecule has 1 fully saturated rings. The number of nitrogens with zero attached hydrogens (tertiary/aromatic N) is 5. The number of hydrogen-bond donors (Lipinski definition) is 1. The first-order valence-electron chi connectivity index (χ1n) is 12.8. The Morgan fingerprint density at radius 3 is 2.60 bits per heavy atom. The van der Waals surface area contributed by atoms with Gasteiger partial charge in [-0.3, -0.25) is 9.69 Å². The predicted octanol–water partition coefficient (Wildman–Crippen LogP) is 4.78. The molecule has 7 nitrogen and oxygen atoms in total. The third-order valence-corrected chi connectivity index (χ3v) is 7.98. The lowest BCUT2D eigenvalue weighted by atomic mass is 9.93. The number of benzene rings is 2. The molecular formula is C28H32N6O. The quantitative estimate of drug-likeness (QED) is 0.466. The van der Waals surface area contributed by atoms with Gasteiger partial charge in [0, 0.05) is 24.0 Å². The highest BCUT2D eigenvalue weighted by atomic mass is 16.1. The molecule has 0 saturated heterocycles. The van der Waals surface area contributed by atoms with Crippen LogP contribution in [-0.2, 0) is 13.0 Å². The summed E-state index contributed by atoms with van der Waals surface area (Å²) in [4.78, 5) is 19.2. The molecule has 1 aliphatic carbocycles. The van der Waals surface area contributed by atoms with Crippen molar-refractivity contribution >= 4 is 10.9 Å². The molecule has 180 valence electrons. The lowest BCUT2D eigenvalue weighted by molar-refractivity contribution is 0.187. The molecule has 3 heterocycles. The third-order valence-electron chi connectivity index (χ3n) is 7.98. The van der Waals surface area contributed by atoms with Gasteiger partial charge < -0.3 is 4.98 Å². The van der Waals surface area contributed by atoms with Crippen molar-refractivity contribution in [1.82, 2.24) is 30.1 Å². The predicted molar refractivity (Wildman–Crippen MR) is 136 cm³/mol. The molecule has 1 N–H and O–H groups in total. The monoisotopic (exact) mass is 468 g/mol. The molecule has 35 heavy (non-hydrogen) atoms.